The van der Waals surface area contributed by atoms with Crippen LogP contribution in [-0.4, -0.2) is 47.1 Å². The topological polar surface area (TPSA) is 50.6 Å². The normalized spacial score (nSPS) is 14.4. The molecule has 28 heavy (non-hydrogen) atoms. The maximum atomic E-state index is 12.7. The molecule has 0 N–H and O–H groups in total. The predicted molar refractivity (Wildman–Crippen MR) is 109 cm³/mol. The molecule has 0 aliphatic carbocycles. The van der Waals surface area contributed by atoms with E-state index in [1.165, 1.54) is 0 Å². The minimum absolute atomic E-state index is 0.142. The fraction of sp³-hybridized carbons (Fsp3) is 0.273. The van der Waals surface area contributed by atoms with Gasteiger partial charge in [-0.1, -0.05) is 12.1 Å². The van der Waals surface area contributed by atoms with E-state index in [4.69, 9.17) is 4.74 Å². The van der Waals surface area contributed by atoms with Crippen LogP contribution < -0.4 is 9.64 Å². The van der Waals surface area contributed by atoms with Gasteiger partial charge in [0.1, 0.15) is 5.75 Å². The molecular formula is C22H24N4O2. The van der Waals surface area contributed by atoms with Crippen LogP contribution in [0.3, 0.4) is 0 Å². The maximum absolute atomic E-state index is 12.7. The Hall–Kier alpha value is -3.28. The van der Waals surface area contributed by atoms with Gasteiger partial charge in [0, 0.05) is 37.2 Å². The van der Waals surface area contributed by atoms with Crippen molar-refractivity contribution >= 4 is 11.6 Å². The number of hydrogen-bond acceptors (Lipinski definition) is 4. The van der Waals surface area contributed by atoms with Crippen molar-refractivity contribution in [3.8, 4) is 11.4 Å². The third kappa shape index (κ3) is 3.86. The van der Waals surface area contributed by atoms with Crippen LogP contribution in [0.2, 0.25) is 0 Å². The summed E-state index contributed by atoms with van der Waals surface area (Å²) in [6.07, 6.45) is 3.81. The summed E-state index contributed by atoms with van der Waals surface area (Å²) in [5, 5.41) is 0. The maximum Gasteiger partial charge on any atom is 0.242 e. The van der Waals surface area contributed by atoms with Crippen LogP contribution in [0.1, 0.15) is 11.3 Å². The summed E-state index contributed by atoms with van der Waals surface area (Å²) in [7, 11) is 1.66. The van der Waals surface area contributed by atoms with E-state index in [0.717, 1.165) is 34.9 Å². The minimum atomic E-state index is 0.142. The summed E-state index contributed by atoms with van der Waals surface area (Å²) in [6, 6.07) is 16.1. The highest BCUT2D eigenvalue weighted by atomic mass is 16.5. The highest BCUT2D eigenvalue weighted by Crippen LogP contribution is 2.21. The number of aryl methyl sites for hydroxylation is 1. The molecule has 3 aromatic rings. The largest absolute Gasteiger partial charge is 0.497 e. The van der Waals surface area contributed by atoms with Gasteiger partial charge in [-0.05, 0) is 48.9 Å². The average molecular weight is 376 g/mol. The van der Waals surface area contributed by atoms with Crippen LogP contribution in [0.4, 0.5) is 5.69 Å². The first-order valence-corrected chi connectivity index (χ1v) is 9.39. The van der Waals surface area contributed by atoms with Crippen molar-refractivity contribution in [3.05, 3.63) is 72.3 Å². The molecule has 1 amide bonds. The molecule has 4 rings (SSSR count). The first kappa shape index (κ1) is 18.1. The van der Waals surface area contributed by atoms with Crippen molar-refractivity contribution in [1.29, 1.82) is 0 Å². The second-order valence-electron chi connectivity index (χ2n) is 7.03. The Morgan fingerprint density at radius 1 is 1.07 bits per heavy atom. The van der Waals surface area contributed by atoms with Crippen LogP contribution in [0.25, 0.3) is 5.69 Å². The van der Waals surface area contributed by atoms with Crippen LogP contribution >= 0.6 is 0 Å². The van der Waals surface area contributed by atoms with Gasteiger partial charge in [0.15, 0.2) is 0 Å². The van der Waals surface area contributed by atoms with Crippen molar-refractivity contribution in [1.82, 2.24) is 14.5 Å². The van der Waals surface area contributed by atoms with E-state index in [1.54, 1.807) is 7.11 Å². The van der Waals surface area contributed by atoms with E-state index < -0.39 is 0 Å². The standard InChI is InChI=1S/C22H24N4O2/c1-17-13-26(16-23-17)20-8-6-19(7-9-20)24-10-11-25(22(27)15-24)14-18-4-3-5-21(12-18)28-2/h3-9,12-13,16H,10-11,14-15H2,1-2H3. The van der Waals surface area contributed by atoms with Crippen molar-refractivity contribution < 1.29 is 9.53 Å². The molecule has 1 saturated heterocycles. The van der Waals surface area contributed by atoms with E-state index >= 15 is 0 Å². The molecule has 144 valence electrons. The van der Waals surface area contributed by atoms with E-state index in [2.05, 4.69) is 34.1 Å². The number of hydrogen-bond donors (Lipinski definition) is 0. The van der Waals surface area contributed by atoms with Gasteiger partial charge in [-0.25, -0.2) is 4.98 Å². The lowest BCUT2D eigenvalue weighted by molar-refractivity contribution is -0.131. The number of carbonyl (C=O) groups is 1. The van der Waals surface area contributed by atoms with Crippen molar-refractivity contribution in [2.45, 2.75) is 13.5 Å². The quantitative estimate of drug-likeness (QED) is 0.687. The van der Waals surface area contributed by atoms with Crippen LogP contribution in [0.15, 0.2) is 61.1 Å². The Labute approximate surface area is 165 Å². The van der Waals surface area contributed by atoms with Crippen LogP contribution in [0, 0.1) is 6.92 Å². The Bertz CT molecular complexity index is 965. The Kier molecular flexibility index (Phi) is 5.02. The zero-order chi connectivity index (χ0) is 19.5. The lowest BCUT2D eigenvalue weighted by Crippen LogP contribution is -2.50. The Morgan fingerprint density at radius 3 is 2.54 bits per heavy atom. The number of nitrogens with zero attached hydrogens (tertiary/aromatic N) is 4. The predicted octanol–water partition coefficient (Wildman–Crippen LogP) is 3.04. The monoisotopic (exact) mass is 376 g/mol. The molecule has 6 nitrogen and oxygen atoms in total. The number of rotatable bonds is 5. The number of piperazine rings is 1. The molecule has 1 aliphatic rings. The summed E-state index contributed by atoms with van der Waals surface area (Å²) in [5.74, 6) is 0.958. The molecule has 0 atom stereocenters. The summed E-state index contributed by atoms with van der Waals surface area (Å²) < 4.78 is 7.27. The fourth-order valence-electron chi connectivity index (χ4n) is 3.49. The fourth-order valence-corrected chi connectivity index (χ4v) is 3.49. The molecule has 1 aliphatic heterocycles. The number of imidazole rings is 1. The van der Waals surface area contributed by atoms with Crippen LogP contribution in [-0.2, 0) is 11.3 Å². The Morgan fingerprint density at radius 2 is 1.86 bits per heavy atom. The molecule has 2 aromatic carbocycles. The lowest BCUT2D eigenvalue weighted by Gasteiger charge is -2.35. The molecule has 2 heterocycles. The smallest absolute Gasteiger partial charge is 0.242 e. The van der Waals surface area contributed by atoms with Gasteiger partial charge in [-0.2, -0.15) is 0 Å². The zero-order valence-corrected chi connectivity index (χ0v) is 16.2. The van der Waals surface area contributed by atoms with Crippen LogP contribution in [0.5, 0.6) is 5.75 Å². The first-order valence-electron chi connectivity index (χ1n) is 9.39. The van der Waals surface area contributed by atoms with Gasteiger partial charge in [-0.3, -0.25) is 4.79 Å². The summed E-state index contributed by atoms with van der Waals surface area (Å²) in [6.45, 7) is 4.51. The summed E-state index contributed by atoms with van der Waals surface area (Å²) >= 11 is 0. The van der Waals surface area contributed by atoms with Crippen molar-refractivity contribution in [2.75, 3.05) is 31.6 Å². The third-order valence-electron chi connectivity index (χ3n) is 5.05. The first-order chi connectivity index (χ1) is 13.6. The van der Waals surface area contributed by atoms with E-state index in [-0.39, 0.29) is 5.91 Å². The zero-order valence-electron chi connectivity index (χ0n) is 16.2. The van der Waals surface area contributed by atoms with E-state index in [1.807, 2.05) is 53.2 Å². The van der Waals surface area contributed by atoms with Crippen molar-refractivity contribution in [2.24, 2.45) is 0 Å². The van der Waals surface area contributed by atoms with Gasteiger partial charge >= 0.3 is 0 Å². The van der Waals surface area contributed by atoms with Gasteiger partial charge < -0.3 is 19.1 Å². The van der Waals surface area contributed by atoms with Gasteiger partial charge in [0.25, 0.3) is 0 Å². The number of anilines is 1. The average Bonchev–Trinajstić information content (AvgIpc) is 3.16. The van der Waals surface area contributed by atoms with E-state index in [0.29, 0.717) is 19.6 Å². The SMILES string of the molecule is COc1cccc(CN2CCN(c3ccc(-n4cnc(C)c4)cc3)CC2=O)c1. The van der Waals surface area contributed by atoms with E-state index in [9.17, 15) is 4.79 Å². The molecule has 0 bridgehead atoms. The number of benzene rings is 2. The minimum Gasteiger partial charge on any atom is -0.497 e. The second kappa shape index (κ2) is 7.76. The molecular weight excluding hydrogens is 352 g/mol. The number of ether oxygens (including phenoxy) is 1. The number of carbonyl (C=O) groups excluding carboxylic acids is 1. The summed E-state index contributed by atoms with van der Waals surface area (Å²) in [4.78, 5) is 21.0. The molecule has 0 radical (unpaired) electrons. The number of aromatic nitrogens is 2. The Balaban J connectivity index is 1.40. The molecule has 6 heteroatoms. The van der Waals surface area contributed by atoms with Gasteiger partial charge in [0.05, 0.1) is 25.7 Å². The van der Waals surface area contributed by atoms with Gasteiger partial charge in [0.2, 0.25) is 5.91 Å². The number of methoxy groups -OCH3 is 1. The third-order valence-corrected chi connectivity index (χ3v) is 5.05. The highest BCUT2D eigenvalue weighted by Gasteiger charge is 2.24. The molecule has 1 fully saturated rings. The molecule has 0 unspecified atom stereocenters. The summed E-state index contributed by atoms with van der Waals surface area (Å²) in [5.41, 5.74) is 4.20. The number of amides is 1. The highest BCUT2D eigenvalue weighted by molar-refractivity contribution is 5.83. The lowest BCUT2D eigenvalue weighted by atomic mass is 10.1. The molecule has 0 saturated carbocycles. The molecule has 1 aromatic heterocycles. The van der Waals surface area contributed by atoms with Crippen molar-refractivity contribution in [3.63, 3.8) is 0 Å². The second-order valence-corrected chi connectivity index (χ2v) is 7.03. The van der Waals surface area contributed by atoms with Gasteiger partial charge in [-0.15, -0.1) is 0 Å². The molecule has 0 spiro atoms.